The van der Waals surface area contributed by atoms with Crippen LogP contribution in [0.1, 0.15) is 35.3 Å². The highest BCUT2D eigenvalue weighted by Crippen LogP contribution is 2.32. The van der Waals surface area contributed by atoms with Crippen LogP contribution in [0.2, 0.25) is 0 Å². The average molecular weight is 649 g/mol. The molecule has 4 aromatic carbocycles. The second-order valence-electron chi connectivity index (χ2n) is 11.1. The molecule has 0 amide bonds. The van der Waals surface area contributed by atoms with Crippen molar-refractivity contribution >= 4 is 21.7 Å². The van der Waals surface area contributed by atoms with Crippen LogP contribution in [-0.4, -0.2) is 56.7 Å². The Morgan fingerprint density at radius 3 is 2.17 bits per heavy atom. The van der Waals surface area contributed by atoms with Crippen LogP contribution in [0.4, 0.5) is 5.69 Å². The zero-order chi connectivity index (χ0) is 33.3. The highest BCUT2D eigenvalue weighted by molar-refractivity contribution is 7.92. The predicted octanol–water partition coefficient (Wildman–Crippen LogP) is 5.47. The summed E-state index contributed by atoms with van der Waals surface area (Å²) in [4.78, 5) is 10.7. The predicted molar refractivity (Wildman–Crippen MR) is 178 cm³/mol. The van der Waals surface area contributed by atoms with Crippen molar-refractivity contribution < 1.29 is 37.6 Å². The van der Waals surface area contributed by atoms with E-state index in [1.165, 1.54) is 0 Å². The number of carboxylic acid groups (broad SMARTS) is 1. The molecule has 4 N–H and O–H groups in total. The first kappa shape index (κ1) is 34.3. The van der Waals surface area contributed by atoms with Gasteiger partial charge >= 0.3 is 5.97 Å². The summed E-state index contributed by atoms with van der Waals surface area (Å²) in [5.41, 5.74) is 5.63. The van der Waals surface area contributed by atoms with Crippen molar-refractivity contribution in [2.75, 3.05) is 30.7 Å². The summed E-state index contributed by atoms with van der Waals surface area (Å²) in [5.74, 6) is 0.600. The fourth-order valence-electron chi connectivity index (χ4n) is 4.95. The first-order valence-corrected chi connectivity index (χ1v) is 16.7. The molecule has 0 fully saturated rings. The van der Waals surface area contributed by atoms with Crippen LogP contribution in [0.15, 0.2) is 84.9 Å². The lowest BCUT2D eigenvalue weighted by Gasteiger charge is -2.23. The number of ether oxygens (including phenoxy) is 3. The van der Waals surface area contributed by atoms with Gasteiger partial charge in [0.1, 0.15) is 30.5 Å². The molecule has 0 unspecified atom stereocenters. The van der Waals surface area contributed by atoms with E-state index in [1.54, 1.807) is 30.3 Å². The SMILES string of the molecule is Cc1cc(-c2ccc(OCC(=O)O)cc2)cc(C)c1OCCN[C@@H](C)[C@@H](O)c1ccc(OCc2ccccc2)c(NS(C)(=O)=O)c1. The van der Waals surface area contributed by atoms with Gasteiger partial charge in [-0.3, -0.25) is 4.72 Å². The molecule has 0 aliphatic heterocycles. The van der Waals surface area contributed by atoms with Crippen molar-refractivity contribution in [3.05, 3.63) is 107 Å². The number of aryl methyl sites for hydroxylation is 2. The van der Waals surface area contributed by atoms with E-state index in [1.807, 2.05) is 75.4 Å². The number of anilines is 1. The summed E-state index contributed by atoms with van der Waals surface area (Å²) in [6.07, 6.45) is 0.143. The molecule has 10 nitrogen and oxygen atoms in total. The molecule has 0 heterocycles. The van der Waals surface area contributed by atoms with Gasteiger partial charge in [0, 0.05) is 12.6 Å². The number of aliphatic hydroxyl groups excluding tert-OH is 1. The maximum absolute atomic E-state index is 12.0. The average Bonchev–Trinajstić information content (AvgIpc) is 3.01. The Bertz CT molecular complexity index is 1700. The van der Waals surface area contributed by atoms with Crippen molar-refractivity contribution in [3.8, 4) is 28.4 Å². The van der Waals surface area contributed by atoms with Gasteiger partial charge in [0.2, 0.25) is 10.0 Å². The highest BCUT2D eigenvalue weighted by atomic mass is 32.2. The Morgan fingerprint density at radius 1 is 0.870 bits per heavy atom. The maximum Gasteiger partial charge on any atom is 0.341 e. The molecule has 0 bridgehead atoms. The Balaban J connectivity index is 1.33. The van der Waals surface area contributed by atoms with Gasteiger partial charge in [-0.15, -0.1) is 0 Å². The number of carbonyl (C=O) groups is 1. The Hall–Kier alpha value is -4.58. The molecule has 46 heavy (non-hydrogen) atoms. The number of nitrogens with one attached hydrogen (secondary N) is 2. The van der Waals surface area contributed by atoms with Crippen LogP contribution in [0, 0.1) is 13.8 Å². The fourth-order valence-corrected chi connectivity index (χ4v) is 5.50. The van der Waals surface area contributed by atoms with E-state index < -0.39 is 28.7 Å². The summed E-state index contributed by atoms with van der Waals surface area (Å²) in [7, 11) is -3.59. The lowest BCUT2D eigenvalue weighted by Crippen LogP contribution is -2.35. The minimum absolute atomic E-state index is 0.252. The van der Waals surface area contributed by atoms with Crippen LogP contribution in [-0.2, 0) is 21.4 Å². The van der Waals surface area contributed by atoms with Crippen molar-refractivity contribution in [1.29, 1.82) is 0 Å². The molecular formula is C35H40N2O8S. The summed E-state index contributed by atoms with van der Waals surface area (Å²) in [5, 5.41) is 23.1. The number of sulfonamides is 1. The normalized spacial score (nSPS) is 12.6. The molecule has 0 aliphatic carbocycles. The van der Waals surface area contributed by atoms with Crippen LogP contribution in [0.25, 0.3) is 11.1 Å². The second kappa shape index (κ2) is 15.6. The molecule has 0 spiro atoms. The number of hydrogen-bond acceptors (Lipinski definition) is 8. The molecule has 4 rings (SSSR count). The smallest absolute Gasteiger partial charge is 0.341 e. The van der Waals surface area contributed by atoms with Crippen LogP contribution >= 0.6 is 0 Å². The minimum Gasteiger partial charge on any atom is -0.492 e. The second-order valence-corrected chi connectivity index (χ2v) is 12.8. The molecular weight excluding hydrogens is 608 g/mol. The van der Waals surface area contributed by atoms with Gasteiger partial charge in [-0.1, -0.05) is 48.5 Å². The molecule has 244 valence electrons. The van der Waals surface area contributed by atoms with E-state index in [0.717, 1.165) is 39.8 Å². The first-order chi connectivity index (χ1) is 21.9. The van der Waals surface area contributed by atoms with Crippen molar-refractivity contribution in [2.45, 2.75) is 39.5 Å². The number of rotatable bonds is 16. The monoisotopic (exact) mass is 648 g/mol. The van der Waals surface area contributed by atoms with Crippen LogP contribution in [0.5, 0.6) is 17.2 Å². The lowest BCUT2D eigenvalue weighted by atomic mass is 9.99. The summed E-state index contributed by atoms with van der Waals surface area (Å²) < 4.78 is 43.8. The Labute approximate surface area is 270 Å². The van der Waals surface area contributed by atoms with Gasteiger partial charge in [-0.25, -0.2) is 13.2 Å². The third-order valence-electron chi connectivity index (χ3n) is 7.18. The van der Waals surface area contributed by atoms with E-state index in [-0.39, 0.29) is 18.3 Å². The Morgan fingerprint density at radius 2 is 1.54 bits per heavy atom. The largest absolute Gasteiger partial charge is 0.492 e. The molecule has 11 heteroatoms. The number of aliphatic hydroxyl groups is 1. The van der Waals surface area contributed by atoms with E-state index in [4.69, 9.17) is 19.3 Å². The van der Waals surface area contributed by atoms with E-state index in [0.29, 0.717) is 30.2 Å². The molecule has 0 aromatic heterocycles. The van der Waals surface area contributed by atoms with E-state index in [9.17, 15) is 18.3 Å². The molecule has 0 aliphatic rings. The minimum atomic E-state index is -3.59. The topological polar surface area (TPSA) is 143 Å². The molecule has 0 saturated carbocycles. The van der Waals surface area contributed by atoms with Gasteiger partial charge < -0.3 is 29.7 Å². The highest BCUT2D eigenvalue weighted by Gasteiger charge is 2.19. The van der Waals surface area contributed by atoms with Crippen LogP contribution < -0.4 is 24.2 Å². The van der Waals surface area contributed by atoms with Gasteiger partial charge in [-0.2, -0.15) is 0 Å². The van der Waals surface area contributed by atoms with E-state index >= 15 is 0 Å². The van der Waals surface area contributed by atoms with Gasteiger partial charge in [0.25, 0.3) is 0 Å². The van der Waals surface area contributed by atoms with Crippen LogP contribution in [0.3, 0.4) is 0 Å². The number of benzene rings is 4. The summed E-state index contributed by atoms with van der Waals surface area (Å²) in [6, 6.07) is 25.5. The summed E-state index contributed by atoms with van der Waals surface area (Å²) >= 11 is 0. The zero-order valence-electron chi connectivity index (χ0n) is 26.3. The third-order valence-corrected chi connectivity index (χ3v) is 7.77. The number of aliphatic carboxylic acids is 1. The third kappa shape index (κ3) is 9.96. The lowest BCUT2D eigenvalue weighted by molar-refractivity contribution is -0.139. The van der Waals surface area contributed by atoms with E-state index in [2.05, 4.69) is 10.0 Å². The molecule has 0 saturated heterocycles. The van der Waals surface area contributed by atoms with Crippen molar-refractivity contribution in [2.24, 2.45) is 0 Å². The zero-order valence-corrected chi connectivity index (χ0v) is 27.1. The van der Waals surface area contributed by atoms with Crippen molar-refractivity contribution in [3.63, 3.8) is 0 Å². The quantitative estimate of drug-likeness (QED) is 0.116. The fraction of sp³-hybridized carbons (Fsp3) is 0.286. The van der Waals surface area contributed by atoms with Gasteiger partial charge in [-0.05, 0) is 90.6 Å². The van der Waals surface area contributed by atoms with Gasteiger partial charge in [0.05, 0.1) is 18.0 Å². The van der Waals surface area contributed by atoms with Crippen molar-refractivity contribution in [1.82, 2.24) is 5.32 Å². The molecule has 2 atom stereocenters. The van der Waals surface area contributed by atoms with Gasteiger partial charge in [0.15, 0.2) is 6.61 Å². The maximum atomic E-state index is 12.0. The molecule has 4 aromatic rings. The summed E-state index contributed by atoms with van der Waals surface area (Å²) in [6.45, 7) is 6.50. The first-order valence-electron chi connectivity index (χ1n) is 14.8. The standard InChI is InChI=1S/C35H40N2O8S/c1-23-18-29(27-10-13-30(14-11-27)44-22-33(38)39)19-24(2)35(23)43-17-16-36-25(3)34(40)28-12-15-32(31(20-28)37-46(4,41)42)45-21-26-8-6-5-7-9-26/h5-15,18-20,25,34,36-37,40H,16-17,21-22H2,1-4H3,(H,38,39)/t25-,34+/m0/s1. The Kier molecular flexibility index (Phi) is 11.6. The number of hydrogen-bond donors (Lipinski definition) is 4. The number of carboxylic acids is 1. The molecule has 0 radical (unpaired) electrons.